The van der Waals surface area contributed by atoms with Gasteiger partial charge < -0.3 is 19.5 Å². The summed E-state index contributed by atoms with van der Waals surface area (Å²) < 4.78 is 15.9. The minimum Gasteiger partial charge on any atom is -0.494 e. The average molecular weight is 380 g/mol. The summed E-state index contributed by atoms with van der Waals surface area (Å²) in [6.07, 6.45) is 0.217. The maximum atomic E-state index is 12.5. The van der Waals surface area contributed by atoms with Crippen LogP contribution >= 0.6 is 11.8 Å². The van der Waals surface area contributed by atoms with Crippen molar-refractivity contribution < 1.29 is 23.8 Å². The summed E-state index contributed by atoms with van der Waals surface area (Å²) in [5, 5.41) is 3.28. The summed E-state index contributed by atoms with van der Waals surface area (Å²) in [5.41, 5.74) is 0.427. The fourth-order valence-electron chi connectivity index (χ4n) is 2.37. The smallest absolute Gasteiger partial charge is 0.307 e. The summed E-state index contributed by atoms with van der Waals surface area (Å²) in [6.45, 7) is 6.86. The molecular weight excluding hydrogens is 356 g/mol. The lowest BCUT2D eigenvalue weighted by molar-refractivity contribution is -0.143. The Morgan fingerprint density at radius 1 is 1.12 bits per heavy atom. The molecule has 1 unspecified atom stereocenters. The van der Waals surface area contributed by atoms with Gasteiger partial charge >= 0.3 is 5.97 Å². The number of aliphatic imine (C=N–C) groups is 1. The third-order valence-electron chi connectivity index (χ3n) is 3.40. The number of ether oxygens (including phenoxy) is 3. The van der Waals surface area contributed by atoms with E-state index in [4.69, 9.17) is 14.2 Å². The molecule has 142 valence electrons. The first-order valence-corrected chi connectivity index (χ1v) is 9.62. The first-order valence-electron chi connectivity index (χ1n) is 8.63. The summed E-state index contributed by atoms with van der Waals surface area (Å²) in [5.74, 6) is 1.21. The Balaban J connectivity index is 2.03. The molecule has 0 bridgehead atoms. The molecule has 1 aromatic carbocycles. The molecule has 1 amide bonds. The fourth-order valence-corrected chi connectivity index (χ4v) is 3.30. The van der Waals surface area contributed by atoms with Crippen LogP contribution < -0.4 is 14.8 Å². The topological polar surface area (TPSA) is 86.2 Å². The Morgan fingerprint density at radius 3 is 2.35 bits per heavy atom. The molecular formula is C18H24N2O5S. The van der Waals surface area contributed by atoms with E-state index in [1.165, 1.54) is 11.8 Å². The molecule has 0 aromatic heterocycles. The molecule has 1 heterocycles. The SMILES string of the molecule is CCOC(=O)CC1CSC(NC(=O)c2cc(OCC)cc(OCC)c2)=N1. The maximum Gasteiger partial charge on any atom is 0.307 e. The van der Waals surface area contributed by atoms with Gasteiger partial charge in [-0.3, -0.25) is 14.6 Å². The zero-order valence-electron chi connectivity index (χ0n) is 15.2. The first kappa shape index (κ1) is 20.1. The number of carbonyl (C=O) groups excluding carboxylic acids is 2. The highest BCUT2D eigenvalue weighted by atomic mass is 32.2. The number of hydrogen-bond acceptors (Lipinski definition) is 7. The number of esters is 1. The number of nitrogens with zero attached hydrogens (tertiary/aromatic N) is 1. The van der Waals surface area contributed by atoms with E-state index in [1.807, 2.05) is 13.8 Å². The van der Waals surface area contributed by atoms with Crippen LogP contribution in [-0.4, -0.2) is 48.7 Å². The fraction of sp³-hybridized carbons (Fsp3) is 0.500. The number of amidine groups is 1. The van der Waals surface area contributed by atoms with Crippen LogP contribution in [-0.2, 0) is 9.53 Å². The van der Waals surface area contributed by atoms with Crippen LogP contribution in [0.15, 0.2) is 23.2 Å². The Bertz CT molecular complexity index is 653. The van der Waals surface area contributed by atoms with Crippen molar-refractivity contribution in [1.29, 1.82) is 0 Å². The molecule has 1 N–H and O–H groups in total. The highest BCUT2D eigenvalue weighted by Gasteiger charge is 2.23. The van der Waals surface area contributed by atoms with Crippen LogP contribution in [0.5, 0.6) is 11.5 Å². The monoisotopic (exact) mass is 380 g/mol. The second-order valence-corrected chi connectivity index (χ2v) is 6.43. The lowest BCUT2D eigenvalue weighted by Crippen LogP contribution is -2.27. The van der Waals surface area contributed by atoms with Crippen LogP contribution in [0.2, 0.25) is 0 Å². The van der Waals surface area contributed by atoms with Gasteiger partial charge in [-0.25, -0.2) is 0 Å². The molecule has 0 fully saturated rings. The highest BCUT2D eigenvalue weighted by Crippen LogP contribution is 2.24. The third-order valence-corrected chi connectivity index (χ3v) is 4.44. The Hall–Kier alpha value is -2.22. The Morgan fingerprint density at radius 2 is 1.77 bits per heavy atom. The highest BCUT2D eigenvalue weighted by molar-refractivity contribution is 8.14. The number of rotatable bonds is 8. The molecule has 0 saturated carbocycles. The van der Waals surface area contributed by atoms with E-state index < -0.39 is 0 Å². The zero-order chi connectivity index (χ0) is 18.9. The Labute approximate surface area is 157 Å². The van der Waals surface area contributed by atoms with Gasteiger partial charge in [-0.2, -0.15) is 0 Å². The van der Waals surface area contributed by atoms with Crippen molar-refractivity contribution in [1.82, 2.24) is 5.32 Å². The van der Waals surface area contributed by atoms with Gasteiger partial charge in [0.15, 0.2) is 5.17 Å². The molecule has 1 aliphatic heterocycles. The second kappa shape index (κ2) is 10.1. The molecule has 1 aromatic rings. The molecule has 0 saturated heterocycles. The van der Waals surface area contributed by atoms with E-state index >= 15 is 0 Å². The van der Waals surface area contributed by atoms with Crippen LogP contribution in [0, 0.1) is 0 Å². The van der Waals surface area contributed by atoms with Crippen LogP contribution in [0.4, 0.5) is 0 Å². The first-order chi connectivity index (χ1) is 12.5. The molecule has 1 aliphatic rings. The lowest BCUT2D eigenvalue weighted by atomic mass is 10.2. The van der Waals surface area contributed by atoms with Crippen LogP contribution in [0.1, 0.15) is 37.6 Å². The van der Waals surface area contributed by atoms with Crippen molar-refractivity contribution in [2.24, 2.45) is 4.99 Å². The number of thioether (sulfide) groups is 1. The van der Waals surface area contributed by atoms with E-state index in [2.05, 4.69) is 10.3 Å². The number of carbonyl (C=O) groups is 2. The molecule has 0 radical (unpaired) electrons. The van der Waals surface area contributed by atoms with E-state index in [9.17, 15) is 9.59 Å². The van der Waals surface area contributed by atoms with Crippen molar-refractivity contribution in [3.8, 4) is 11.5 Å². The summed E-state index contributed by atoms with van der Waals surface area (Å²) in [7, 11) is 0. The molecule has 26 heavy (non-hydrogen) atoms. The van der Waals surface area contributed by atoms with Crippen molar-refractivity contribution in [2.75, 3.05) is 25.6 Å². The van der Waals surface area contributed by atoms with Crippen molar-refractivity contribution >= 4 is 28.8 Å². The third kappa shape index (κ3) is 5.94. The maximum absolute atomic E-state index is 12.5. The lowest BCUT2D eigenvalue weighted by Gasteiger charge is -2.11. The van der Waals surface area contributed by atoms with E-state index in [1.54, 1.807) is 25.1 Å². The van der Waals surface area contributed by atoms with Gasteiger partial charge in [-0.05, 0) is 32.9 Å². The van der Waals surface area contributed by atoms with Crippen LogP contribution in [0.25, 0.3) is 0 Å². The normalized spacial score (nSPS) is 16.0. The van der Waals surface area contributed by atoms with Gasteiger partial charge in [0.05, 0.1) is 32.3 Å². The van der Waals surface area contributed by atoms with Gasteiger partial charge in [-0.15, -0.1) is 0 Å². The zero-order valence-corrected chi connectivity index (χ0v) is 16.1. The molecule has 0 spiro atoms. The molecule has 1 atom stereocenters. The van der Waals surface area contributed by atoms with Crippen LogP contribution in [0.3, 0.4) is 0 Å². The predicted molar refractivity (Wildman–Crippen MR) is 101 cm³/mol. The van der Waals surface area contributed by atoms with Crippen molar-refractivity contribution in [2.45, 2.75) is 33.2 Å². The van der Waals surface area contributed by atoms with Gasteiger partial charge in [0, 0.05) is 17.4 Å². The average Bonchev–Trinajstić information content (AvgIpc) is 3.02. The van der Waals surface area contributed by atoms with Gasteiger partial charge in [-0.1, -0.05) is 11.8 Å². The summed E-state index contributed by atoms with van der Waals surface area (Å²) in [4.78, 5) is 28.4. The largest absolute Gasteiger partial charge is 0.494 e. The quantitative estimate of drug-likeness (QED) is 0.698. The number of hydrogen-bond donors (Lipinski definition) is 1. The van der Waals surface area contributed by atoms with Gasteiger partial charge in [0.2, 0.25) is 0 Å². The predicted octanol–water partition coefficient (Wildman–Crippen LogP) is 2.64. The minimum atomic E-state index is -0.296. The van der Waals surface area contributed by atoms with E-state index in [0.29, 0.717) is 47.8 Å². The van der Waals surface area contributed by atoms with E-state index in [0.717, 1.165) is 0 Å². The Kier molecular flexibility index (Phi) is 7.77. The number of amides is 1. The molecule has 7 nitrogen and oxygen atoms in total. The minimum absolute atomic E-state index is 0.178. The number of benzene rings is 1. The number of nitrogens with one attached hydrogen (secondary N) is 1. The molecule has 2 rings (SSSR count). The standard InChI is InChI=1S/C18H24N2O5S/c1-4-23-14-7-12(8-15(10-14)24-5-2)17(22)20-18-19-13(11-26-18)9-16(21)25-6-3/h7-8,10,13H,4-6,9,11H2,1-3H3,(H,19,20,22). The van der Waals surface area contributed by atoms with Crippen molar-refractivity contribution in [3.05, 3.63) is 23.8 Å². The van der Waals surface area contributed by atoms with Gasteiger partial charge in [0.1, 0.15) is 11.5 Å². The summed E-state index contributed by atoms with van der Waals surface area (Å²) in [6, 6.07) is 4.90. The molecule has 8 heteroatoms. The van der Waals surface area contributed by atoms with Gasteiger partial charge in [0.25, 0.3) is 5.91 Å². The summed E-state index contributed by atoms with van der Waals surface area (Å²) >= 11 is 1.41. The molecule has 0 aliphatic carbocycles. The van der Waals surface area contributed by atoms with Crippen molar-refractivity contribution in [3.63, 3.8) is 0 Å². The second-order valence-electron chi connectivity index (χ2n) is 5.42. The van der Waals surface area contributed by atoms with E-state index in [-0.39, 0.29) is 24.3 Å².